The number of benzene rings is 1. The Labute approximate surface area is 144 Å². The Hall–Kier alpha value is -2.08. The average molecular weight is 332 g/mol. The molecule has 6 heteroatoms. The van der Waals surface area contributed by atoms with Crippen LogP contribution in [0, 0.1) is 0 Å². The van der Waals surface area contributed by atoms with Crippen LogP contribution in [0.4, 0.5) is 4.79 Å². The van der Waals surface area contributed by atoms with Crippen molar-refractivity contribution in [2.24, 2.45) is 0 Å². The molecule has 0 spiro atoms. The summed E-state index contributed by atoms with van der Waals surface area (Å²) in [6.45, 7) is 5.85. The zero-order valence-electron chi connectivity index (χ0n) is 14.8. The Morgan fingerprint density at radius 2 is 1.96 bits per heavy atom. The van der Waals surface area contributed by atoms with E-state index in [1.807, 2.05) is 50.1 Å². The molecule has 3 amide bonds. The first kappa shape index (κ1) is 18.3. The number of nitrogens with one attached hydrogen (secondary N) is 3. The smallest absolute Gasteiger partial charge is 0.315 e. The van der Waals surface area contributed by atoms with Gasteiger partial charge in [-0.2, -0.15) is 0 Å². The molecule has 1 atom stereocenters. The SMILES string of the molecule is CNC1CCCN(C(=O)c2ccc(CNC(=O)NC(C)C)cc2)C1. The summed E-state index contributed by atoms with van der Waals surface area (Å²) < 4.78 is 0. The van der Waals surface area contributed by atoms with E-state index in [1.54, 1.807) is 0 Å². The van der Waals surface area contributed by atoms with Crippen LogP contribution >= 0.6 is 0 Å². The van der Waals surface area contributed by atoms with Crippen molar-refractivity contribution in [3.63, 3.8) is 0 Å². The summed E-state index contributed by atoms with van der Waals surface area (Å²) in [6.07, 6.45) is 2.15. The van der Waals surface area contributed by atoms with Crippen molar-refractivity contribution in [3.05, 3.63) is 35.4 Å². The summed E-state index contributed by atoms with van der Waals surface area (Å²) in [5.41, 5.74) is 1.67. The molecule has 1 aromatic rings. The van der Waals surface area contributed by atoms with Crippen molar-refractivity contribution in [2.45, 2.75) is 45.3 Å². The molecule has 24 heavy (non-hydrogen) atoms. The summed E-state index contributed by atoms with van der Waals surface area (Å²) in [4.78, 5) is 26.1. The second kappa shape index (κ2) is 8.68. The Morgan fingerprint density at radius 1 is 1.25 bits per heavy atom. The molecule has 0 aliphatic carbocycles. The Bertz CT molecular complexity index is 557. The van der Waals surface area contributed by atoms with Crippen molar-refractivity contribution in [1.82, 2.24) is 20.9 Å². The maximum Gasteiger partial charge on any atom is 0.315 e. The lowest BCUT2D eigenvalue weighted by atomic mass is 10.0. The number of likely N-dealkylation sites (N-methyl/N-ethyl adjacent to an activating group) is 1. The van der Waals surface area contributed by atoms with E-state index < -0.39 is 0 Å². The van der Waals surface area contributed by atoms with E-state index in [9.17, 15) is 9.59 Å². The van der Waals surface area contributed by atoms with Gasteiger partial charge in [0.05, 0.1) is 0 Å². The van der Waals surface area contributed by atoms with Gasteiger partial charge in [0.2, 0.25) is 0 Å². The highest BCUT2D eigenvalue weighted by Gasteiger charge is 2.23. The van der Waals surface area contributed by atoms with Crippen LogP contribution < -0.4 is 16.0 Å². The minimum Gasteiger partial charge on any atom is -0.337 e. The van der Waals surface area contributed by atoms with Crippen LogP contribution in [-0.2, 0) is 6.54 Å². The Kier molecular flexibility index (Phi) is 6.61. The molecule has 1 aromatic carbocycles. The maximum absolute atomic E-state index is 12.6. The van der Waals surface area contributed by atoms with Crippen molar-refractivity contribution >= 4 is 11.9 Å². The summed E-state index contributed by atoms with van der Waals surface area (Å²) in [5.74, 6) is 0.0759. The highest BCUT2D eigenvalue weighted by Crippen LogP contribution is 2.14. The number of carbonyl (C=O) groups is 2. The topological polar surface area (TPSA) is 73.5 Å². The van der Waals surface area contributed by atoms with Crippen LogP contribution in [0.15, 0.2) is 24.3 Å². The first-order valence-corrected chi connectivity index (χ1v) is 8.59. The van der Waals surface area contributed by atoms with Gasteiger partial charge < -0.3 is 20.9 Å². The van der Waals surface area contributed by atoms with E-state index in [-0.39, 0.29) is 18.0 Å². The predicted molar refractivity (Wildman–Crippen MR) is 94.9 cm³/mol. The molecule has 1 heterocycles. The van der Waals surface area contributed by atoms with Crippen molar-refractivity contribution in [3.8, 4) is 0 Å². The number of likely N-dealkylation sites (tertiary alicyclic amines) is 1. The molecule has 1 unspecified atom stereocenters. The predicted octanol–water partition coefficient (Wildman–Crippen LogP) is 1.72. The summed E-state index contributed by atoms with van der Waals surface area (Å²) in [6, 6.07) is 7.76. The van der Waals surface area contributed by atoms with E-state index in [2.05, 4.69) is 16.0 Å². The first-order chi connectivity index (χ1) is 11.5. The fourth-order valence-corrected chi connectivity index (χ4v) is 2.84. The van der Waals surface area contributed by atoms with Gasteiger partial charge in [-0.3, -0.25) is 4.79 Å². The molecular weight excluding hydrogens is 304 g/mol. The lowest BCUT2D eigenvalue weighted by Gasteiger charge is -2.32. The number of urea groups is 1. The van der Waals surface area contributed by atoms with Crippen LogP contribution in [0.25, 0.3) is 0 Å². The van der Waals surface area contributed by atoms with Crippen molar-refractivity contribution in [1.29, 1.82) is 0 Å². The highest BCUT2D eigenvalue weighted by molar-refractivity contribution is 5.94. The molecule has 0 radical (unpaired) electrons. The molecule has 3 N–H and O–H groups in total. The minimum atomic E-state index is -0.184. The molecule has 1 aliphatic rings. The van der Waals surface area contributed by atoms with E-state index in [1.165, 1.54) is 0 Å². The quantitative estimate of drug-likeness (QED) is 0.769. The van der Waals surface area contributed by atoms with Gasteiger partial charge in [-0.05, 0) is 51.4 Å². The fraction of sp³-hybridized carbons (Fsp3) is 0.556. The van der Waals surface area contributed by atoms with Gasteiger partial charge >= 0.3 is 6.03 Å². The Morgan fingerprint density at radius 3 is 2.58 bits per heavy atom. The largest absolute Gasteiger partial charge is 0.337 e. The second-order valence-corrected chi connectivity index (χ2v) is 6.56. The number of carbonyl (C=O) groups excluding carboxylic acids is 2. The fourth-order valence-electron chi connectivity index (χ4n) is 2.84. The molecule has 0 bridgehead atoms. The molecule has 0 saturated carbocycles. The minimum absolute atomic E-state index is 0.0759. The summed E-state index contributed by atoms with van der Waals surface area (Å²) in [7, 11) is 1.94. The third-order valence-corrected chi connectivity index (χ3v) is 4.19. The molecule has 1 fully saturated rings. The zero-order valence-corrected chi connectivity index (χ0v) is 14.8. The van der Waals surface area contributed by atoms with E-state index in [4.69, 9.17) is 0 Å². The van der Waals surface area contributed by atoms with Gasteiger partial charge in [0.1, 0.15) is 0 Å². The van der Waals surface area contributed by atoms with E-state index in [0.29, 0.717) is 18.2 Å². The molecular formula is C18H28N4O2. The van der Waals surface area contributed by atoms with Crippen molar-refractivity contribution < 1.29 is 9.59 Å². The lowest BCUT2D eigenvalue weighted by molar-refractivity contribution is 0.0698. The van der Waals surface area contributed by atoms with Crippen LogP contribution in [0.2, 0.25) is 0 Å². The third-order valence-electron chi connectivity index (χ3n) is 4.19. The molecule has 2 rings (SSSR count). The molecule has 1 saturated heterocycles. The van der Waals surface area contributed by atoms with Gasteiger partial charge in [-0.25, -0.2) is 4.79 Å². The van der Waals surface area contributed by atoms with Crippen LogP contribution in [0.5, 0.6) is 0 Å². The summed E-state index contributed by atoms with van der Waals surface area (Å²) >= 11 is 0. The number of piperidine rings is 1. The first-order valence-electron chi connectivity index (χ1n) is 8.59. The van der Waals surface area contributed by atoms with Gasteiger partial charge in [-0.15, -0.1) is 0 Å². The highest BCUT2D eigenvalue weighted by atomic mass is 16.2. The lowest BCUT2D eigenvalue weighted by Crippen LogP contribution is -2.46. The number of hydrogen-bond donors (Lipinski definition) is 3. The Balaban J connectivity index is 1.89. The average Bonchev–Trinajstić information content (AvgIpc) is 2.59. The number of rotatable bonds is 5. The van der Waals surface area contributed by atoms with Gasteiger partial charge in [0, 0.05) is 37.3 Å². The molecule has 6 nitrogen and oxygen atoms in total. The normalized spacial score (nSPS) is 17.7. The maximum atomic E-state index is 12.6. The number of nitrogens with zero attached hydrogens (tertiary/aromatic N) is 1. The molecule has 1 aliphatic heterocycles. The standard InChI is InChI=1S/C18H28N4O2/c1-13(2)21-18(24)20-11-14-6-8-15(9-7-14)17(23)22-10-4-5-16(12-22)19-3/h6-9,13,16,19H,4-5,10-12H2,1-3H3,(H2,20,21,24). The van der Waals surface area contributed by atoms with Crippen LogP contribution in [0.1, 0.15) is 42.6 Å². The molecule has 0 aromatic heterocycles. The van der Waals surface area contributed by atoms with E-state index in [0.717, 1.165) is 31.5 Å². The van der Waals surface area contributed by atoms with Crippen LogP contribution in [0.3, 0.4) is 0 Å². The third kappa shape index (κ3) is 5.23. The van der Waals surface area contributed by atoms with E-state index >= 15 is 0 Å². The van der Waals surface area contributed by atoms with Gasteiger partial charge in [0.25, 0.3) is 5.91 Å². The summed E-state index contributed by atoms with van der Waals surface area (Å²) in [5, 5.41) is 8.83. The van der Waals surface area contributed by atoms with Gasteiger partial charge in [-0.1, -0.05) is 12.1 Å². The number of hydrogen-bond acceptors (Lipinski definition) is 3. The molecule has 132 valence electrons. The second-order valence-electron chi connectivity index (χ2n) is 6.56. The van der Waals surface area contributed by atoms with Gasteiger partial charge in [0.15, 0.2) is 0 Å². The monoisotopic (exact) mass is 332 g/mol. The zero-order chi connectivity index (χ0) is 17.5. The van der Waals surface area contributed by atoms with Crippen LogP contribution in [-0.4, -0.2) is 49.1 Å². The van der Waals surface area contributed by atoms with Crippen molar-refractivity contribution in [2.75, 3.05) is 20.1 Å². The number of amides is 3.